The number of H-pyrrole nitrogens is 1. The van der Waals surface area contributed by atoms with Crippen molar-refractivity contribution in [3.05, 3.63) is 108 Å². The summed E-state index contributed by atoms with van der Waals surface area (Å²) in [6, 6.07) is 21.9. The van der Waals surface area contributed by atoms with Gasteiger partial charge in [0.1, 0.15) is 0 Å². The van der Waals surface area contributed by atoms with Gasteiger partial charge in [-0.3, -0.25) is 9.59 Å². The van der Waals surface area contributed by atoms with Crippen LogP contribution in [0.1, 0.15) is 10.4 Å². The zero-order chi connectivity index (χ0) is 28.8. The van der Waals surface area contributed by atoms with E-state index in [9.17, 15) is 9.59 Å². The first-order valence-electron chi connectivity index (χ1n) is 12.9. The van der Waals surface area contributed by atoms with Crippen LogP contribution in [-0.2, 0) is 4.79 Å². The fraction of sp³-hybridized carbons (Fsp3) is 0.0968. The van der Waals surface area contributed by atoms with E-state index in [4.69, 9.17) is 11.6 Å². The Hall–Kier alpha value is -4.41. The Labute approximate surface area is 266 Å². The Kier molecular flexibility index (Phi) is 11.7. The summed E-state index contributed by atoms with van der Waals surface area (Å²) in [5.41, 5.74) is 4.81. The van der Waals surface area contributed by atoms with E-state index >= 15 is 0 Å². The number of nitrogens with zero attached hydrogens (tertiary/aromatic N) is 3. The van der Waals surface area contributed by atoms with E-state index in [1.54, 1.807) is 48.7 Å². The van der Waals surface area contributed by atoms with E-state index in [0.29, 0.717) is 45.8 Å². The second-order valence-electron chi connectivity index (χ2n) is 9.53. The summed E-state index contributed by atoms with van der Waals surface area (Å²) in [5, 5.41) is 10.3. The minimum Gasteiger partial charge on any atom is -0.360 e. The van der Waals surface area contributed by atoms with Crippen LogP contribution in [0, 0.1) is 0 Å². The molecule has 12 heteroatoms. The molecule has 0 saturated heterocycles. The van der Waals surface area contributed by atoms with Crippen LogP contribution in [-0.4, -0.2) is 52.3 Å². The van der Waals surface area contributed by atoms with Crippen molar-refractivity contribution < 1.29 is 9.59 Å². The lowest BCUT2D eigenvalue weighted by molar-refractivity contribution is -0.111. The first-order chi connectivity index (χ1) is 19.9. The number of likely N-dealkylation sites (N-methyl/N-ethyl adjacent to an activating group) is 1. The lowest BCUT2D eigenvalue weighted by atomic mass is 10.1. The molecule has 9 nitrogen and oxygen atoms in total. The molecule has 3 aromatic carbocycles. The van der Waals surface area contributed by atoms with Gasteiger partial charge in [0, 0.05) is 57.9 Å². The smallest absolute Gasteiger partial charge is 0.255 e. The van der Waals surface area contributed by atoms with Crippen molar-refractivity contribution >= 4 is 82.1 Å². The van der Waals surface area contributed by atoms with Crippen molar-refractivity contribution in [1.82, 2.24) is 19.9 Å². The topological polar surface area (TPSA) is 115 Å². The van der Waals surface area contributed by atoms with Gasteiger partial charge in [-0.2, -0.15) is 0 Å². The molecule has 0 aliphatic carbocycles. The van der Waals surface area contributed by atoms with Crippen molar-refractivity contribution in [2.24, 2.45) is 0 Å². The predicted molar refractivity (Wildman–Crippen MR) is 179 cm³/mol. The molecule has 43 heavy (non-hydrogen) atoms. The Morgan fingerprint density at radius 3 is 2.44 bits per heavy atom. The predicted octanol–water partition coefficient (Wildman–Crippen LogP) is 7.17. The second-order valence-corrected chi connectivity index (χ2v) is 9.94. The van der Waals surface area contributed by atoms with Crippen molar-refractivity contribution in [2.75, 3.05) is 36.6 Å². The molecule has 0 bridgehead atoms. The van der Waals surface area contributed by atoms with Gasteiger partial charge >= 0.3 is 0 Å². The van der Waals surface area contributed by atoms with Gasteiger partial charge in [-0.15, -0.1) is 24.8 Å². The molecule has 2 amide bonds. The molecule has 0 aliphatic heterocycles. The summed E-state index contributed by atoms with van der Waals surface area (Å²) in [6.45, 7) is 0.669. The van der Waals surface area contributed by atoms with E-state index < -0.39 is 0 Å². The fourth-order valence-electron chi connectivity index (χ4n) is 4.15. The van der Waals surface area contributed by atoms with Crippen LogP contribution in [0.15, 0.2) is 97.3 Å². The number of hydrogen-bond donors (Lipinski definition) is 4. The summed E-state index contributed by atoms with van der Waals surface area (Å²) in [6.07, 6.45) is 6.70. The molecule has 0 saturated carbocycles. The quantitative estimate of drug-likeness (QED) is 0.127. The van der Waals surface area contributed by atoms with E-state index in [0.717, 1.165) is 16.5 Å². The van der Waals surface area contributed by atoms with Crippen LogP contribution in [0.5, 0.6) is 0 Å². The average Bonchev–Trinajstić information content (AvgIpc) is 3.38. The van der Waals surface area contributed by atoms with Crippen molar-refractivity contribution in [2.45, 2.75) is 0 Å². The van der Waals surface area contributed by atoms with Crippen LogP contribution in [0.4, 0.5) is 23.0 Å². The summed E-state index contributed by atoms with van der Waals surface area (Å²) >= 11 is 6.46. The molecule has 0 atom stereocenters. The maximum Gasteiger partial charge on any atom is 0.255 e. The molecule has 222 valence electrons. The van der Waals surface area contributed by atoms with Crippen LogP contribution >= 0.6 is 36.4 Å². The number of anilines is 4. The molecule has 5 aromatic rings. The number of rotatable bonds is 9. The standard InChI is InChI=1S/C31H28ClN7O2.2ClH/c1-39(2)16-6-11-28(40)35-21-14-12-20(13-15-21)30(41)36-22-7-5-8-23(17-22)37-31-34-19-26(32)29(38-31)25-18-33-27-10-4-3-9-24(25)27;;/h3-15,17-19,33H,16H2,1-2H3,(H,35,40)(H,36,41)(H,34,37,38);2*1H. The fourth-order valence-corrected chi connectivity index (χ4v) is 4.34. The minimum absolute atomic E-state index is 0. The van der Waals surface area contributed by atoms with E-state index in [-0.39, 0.29) is 36.6 Å². The van der Waals surface area contributed by atoms with Crippen LogP contribution in [0.2, 0.25) is 5.02 Å². The Bertz CT molecular complexity index is 1740. The molecular formula is C31H30Cl3N7O2. The number of para-hydroxylation sites is 1. The third-order valence-corrected chi connectivity index (χ3v) is 6.40. The number of benzene rings is 3. The van der Waals surface area contributed by atoms with Gasteiger partial charge in [-0.05, 0) is 62.6 Å². The first kappa shape index (κ1) is 33.1. The van der Waals surface area contributed by atoms with E-state index in [2.05, 4.69) is 30.9 Å². The Morgan fingerprint density at radius 2 is 1.67 bits per heavy atom. The monoisotopic (exact) mass is 637 g/mol. The Balaban J connectivity index is 0.00000253. The molecule has 5 rings (SSSR count). The number of aromatic nitrogens is 3. The SMILES string of the molecule is CN(C)CC=CC(=O)Nc1ccc(C(=O)Nc2cccc(Nc3ncc(Cl)c(-c4c[nH]c5ccccc45)n3)c2)cc1.Cl.Cl. The number of halogens is 3. The first-order valence-corrected chi connectivity index (χ1v) is 13.2. The molecule has 4 N–H and O–H groups in total. The maximum absolute atomic E-state index is 12.9. The van der Waals surface area contributed by atoms with Crippen molar-refractivity contribution in [3.8, 4) is 11.3 Å². The highest BCUT2D eigenvalue weighted by atomic mass is 35.5. The highest BCUT2D eigenvalue weighted by molar-refractivity contribution is 6.33. The molecular weight excluding hydrogens is 609 g/mol. The molecule has 2 heterocycles. The third-order valence-electron chi connectivity index (χ3n) is 6.12. The molecule has 0 aliphatic rings. The molecule has 0 radical (unpaired) electrons. The number of nitrogens with one attached hydrogen (secondary N) is 4. The second kappa shape index (κ2) is 15.2. The molecule has 0 spiro atoms. The van der Waals surface area contributed by atoms with Gasteiger partial charge in [0.05, 0.1) is 16.9 Å². The van der Waals surface area contributed by atoms with Gasteiger partial charge in [-0.1, -0.05) is 41.9 Å². The molecule has 0 unspecified atom stereocenters. The zero-order valence-corrected chi connectivity index (χ0v) is 25.7. The summed E-state index contributed by atoms with van der Waals surface area (Å²) in [5.74, 6) is -0.144. The number of carbonyl (C=O) groups excluding carboxylic acids is 2. The molecule has 2 aromatic heterocycles. The normalized spacial score (nSPS) is 10.7. The third kappa shape index (κ3) is 8.56. The summed E-state index contributed by atoms with van der Waals surface area (Å²) < 4.78 is 0. The highest BCUT2D eigenvalue weighted by Gasteiger charge is 2.13. The number of amides is 2. The van der Waals surface area contributed by atoms with E-state index in [1.165, 1.54) is 6.08 Å². The van der Waals surface area contributed by atoms with E-state index in [1.807, 2.05) is 61.6 Å². The Morgan fingerprint density at radius 1 is 0.930 bits per heavy atom. The lowest BCUT2D eigenvalue weighted by Gasteiger charge is -2.10. The van der Waals surface area contributed by atoms with Gasteiger partial charge < -0.3 is 25.8 Å². The molecule has 0 fully saturated rings. The summed E-state index contributed by atoms with van der Waals surface area (Å²) in [4.78, 5) is 39.1. The van der Waals surface area contributed by atoms with Crippen LogP contribution in [0.25, 0.3) is 22.2 Å². The summed E-state index contributed by atoms with van der Waals surface area (Å²) in [7, 11) is 3.85. The highest BCUT2D eigenvalue weighted by Crippen LogP contribution is 2.32. The van der Waals surface area contributed by atoms with Gasteiger partial charge in [0.2, 0.25) is 11.9 Å². The van der Waals surface area contributed by atoms with Gasteiger partial charge in [-0.25, -0.2) is 9.97 Å². The number of aromatic amines is 1. The largest absolute Gasteiger partial charge is 0.360 e. The maximum atomic E-state index is 12.9. The zero-order valence-electron chi connectivity index (χ0n) is 23.3. The number of fused-ring (bicyclic) bond motifs is 1. The lowest BCUT2D eigenvalue weighted by Crippen LogP contribution is -2.13. The van der Waals surface area contributed by atoms with Crippen LogP contribution < -0.4 is 16.0 Å². The van der Waals surface area contributed by atoms with Gasteiger partial charge in [0.15, 0.2) is 0 Å². The van der Waals surface area contributed by atoms with Crippen molar-refractivity contribution in [1.29, 1.82) is 0 Å². The minimum atomic E-state index is -0.282. The number of carbonyl (C=O) groups is 2. The number of hydrogen-bond acceptors (Lipinski definition) is 6. The average molecular weight is 639 g/mol. The van der Waals surface area contributed by atoms with Crippen molar-refractivity contribution in [3.63, 3.8) is 0 Å². The van der Waals surface area contributed by atoms with Crippen LogP contribution in [0.3, 0.4) is 0 Å². The van der Waals surface area contributed by atoms with Gasteiger partial charge in [0.25, 0.3) is 5.91 Å².